The minimum Gasteiger partial charge on any atom is -0.338 e. The van der Waals surface area contributed by atoms with Crippen molar-refractivity contribution < 1.29 is 0 Å². The molecular weight excluding hydrogens is 372 g/mol. The van der Waals surface area contributed by atoms with E-state index in [1.807, 2.05) is 36.4 Å². The lowest BCUT2D eigenvalue weighted by atomic mass is 10.0. The van der Waals surface area contributed by atoms with E-state index in [1.165, 1.54) is 0 Å². The quantitative estimate of drug-likeness (QED) is 0.435. The Balaban J connectivity index is 1.52. The van der Waals surface area contributed by atoms with E-state index in [0.717, 1.165) is 55.7 Å². The smallest absolute Gasteiger partial charge is 0.138 e. The summed E-state index contributed by atoms with van der Waals surface area (Å²) in [5.74, 6) is 0. The van der Waals surface area contributed by atoms with Crippen LogP contribution in [0.4, 0.5) is 0 Å². The third-order valence-electron chi connectivity index (χ3n) is 5.30. The minimum atomic E-state index is 0.814. The van der Waals surface area contributed by atoms with Gasteiger partial charge in [-0.15, -0.1) is 0 Å². The zero-order chi connectivity index (χ0) is 19.9. The zero-order valence-electron chi connectivity index (χ0n) is 15.9. The molecule has 0 amide bonds. The molecular formula is C24H16N6. The number of aromatic amines is 2. The summed E-state index contributed by atoms with van der Waals surface area (Å²) in [6.07, 6.45) is 7.21. The maximum atomic E-state index is 4.59. The maximum Gasteiger partial charge on any atom is 0.138 e. The fraction of sp³-hybridized carbons (Fsp3) is 0. The maximum absolute atomic E-state index is 4.59. The van der Waals surface area contributed by atoms with Gasteiger partial charge in [0.1, 0.15) is 11.3 Å². The summed E-state index contributed by atoms with van der Waals surface area (Å²) < 4.78 is 0. The van der Waals surface area contributed by atoms with Crippen LogP contribution < -0.4 is 0 Å². The van der Waals surface area contributed by atoms with Crippen LogP contribution in [0.5, 0.6) is 0 Å². The highest BCUT2D eigenvalue weighted by Gasteiger charge is 2.15. The van der Waals surface area contributed by atoms with E-state index in [0.29, 0.717) is 0 Å². The molecule has 2 N–H and O–H groups in total. The number of benzene rings is 1. The number of hydrogen-bond acceptors (Lipinski definition) is 4. The van der Waals surface area contributed by atoms with Crippen LogP contribution in [0.15, 0.2) is 85.5 Å². The molecule has 142 valence electrons. The Hall–Kier alpha value is -4.32. The summed E-state index contributed by atoms with van der Waals surface area (Å²) in [7, 11) is 0. The van der Waals surface area contributed by atoms with Gasteiger partial charge in [0.25, 0.3) is 0 Å². The molecule has 0 atom stereocenters. The largest absolute Gasteiger partial charge is 0.338 e. The van der Waals surface area contributed by atoms with Crippen LogP contribution in [-0.2, 0) is 0 Å². The lowest BCUT2D eigenvalue weighted by Crippen LogP contribution is -1.84. The standard InChI is InChI=1S/C24H16N6/c1-2-9-26-20(3-1)17-8-12-27-24-18(17)14-22(28-24)23-19-13-16(4-5-21(19)29-30-23)15-6-10-25-11-7-15/h1-14H,(H,27,28)(H,29,30). The Labute approximate surface area is 171 Å². The SMILES string of the molecule is c1ccc(-c2ccnc3[nH]c(-c4n[nH]c5ccc(-c6ccncc6)cc45)cc23)nc1. The van der Waals surface area contributed by atoms with Crippen LogP contribution in [0.2, 0.25) is 0 Å². The molecule has 6 heteroatoms. The number of H-pyrrole nitrogens is 2. The topological polar surface area (TPSA) is 83.1 Å². The Morgan fingerprint density at radius 1 is 0.700 bits per heavy atom. The van der Waals surface area contributed by atoms with Crippen LogP contribution >= 0.6 is 0 Å². The van der Waals surface area contributed by atoms with Crippen molar-refractivity contribution in [2.24, 2.45) is 0 Å². The van der Waals surface area contributed by atoms with Crippen LogP contribution in [0, 0.1) is 0 Å². The van der Waals surface area contributed by atoms with Crippen LogP contribution in [0.1, 0.15) is 0 Å². The van der Waals surface area contributed by atoms with Crippen LogP contribution in [0.3, 0.4) is 0 Å². The van der Waals surface area contributed by atoms with Gasteiger partial charge in [0.2, 0.25) is 0 Å². The van der Waals surface area contributed by atoms with Gasteiger partial charge in [-0.2, -0.15) is 5.10 Å². The fourth-order valence-corrected chi connectivity index (χ4v) is 3.84. The van der Waals surface area contributed by atoms with Crippen molar-refractivity contribution in [3.8, 4) is 33.8 Å². The number of aromatic nitrogens is 6. The van der Waals surface area contributed by atoms with E-state index in [-0.39, 0.29) is 0 Å². The van der Waals surface area contributed by atoms with Crippen molar-refractivity contribution in [3.05, 3.63) is 85.5 Å². The summed E-state index contributed by atoms with van der Waals surface area (Å²) in [4.78, 5) is 16.6. The molecule has 0 bridgehead atoms. The number of nitrogens with one attached hydrogen (secondary N) is 2. The van der Waals surface area contributed by atoms with E-state index in [2.05, 4.69) is 54.4 Å². The summed E-state index contributed by atoms with van der Waals surface area (Å²) in [6.45, 7) is 0. The van der Waals surface area contributed by atoms with Crippen molar-refractivity contribution in [1.29, 1.82) is 0 Å². The second kappa shape index (κ2) is 6.63. The molecule has 30 heavy (non-hydrogen) atoms. The number of fused-ring (bicyclic) bond motifs is 2. The van der Waals surface area contributed by atoms with Gasteiger partial charge >= 0.3 is 0 Å². The van der Waals surface area contributed by atoms with E-state index < -0.39 is 0 Å². The summed E-state index contributed by atoms with van der Waals surface area (Å²) in [5, 5.41) is 9.80. The van der Waals surface area contributed by atoms with Gasteiger partial charge in [0.15, 0.2) is 0 Å². The van der Waals surface area contributed by atoms with Crippen molar-refractivity contribution in [2.45, 2.75) is 0 Å². The lowest BCUT2D eigenvalue weighted by molar-refractivity contribution is 1.12. The average molecular weight is 388 g/mol. The molecule has 0 aliphatic heterocycles. The van der Waals surface area contributed by atoms with Gasteiger partial charge in [-0.1, -0.05) is 12.1 Å². The van der Waals surface area contributed by atoms with Crippen molar-refractivity contribution >= 4 is 21.9 Å². The van der Waals surface area contributed by atoms with Gasteiger partial charge in [-0.05, 0) is 59.7 Å². The molecule has 5 aromatic heterocycles. The monoisotopic (exact) mass is 388 g/mol. The molecule has 0 saturated carbocycles. The van der Waals surface area contributed by atoms with Gasteiger partial charge in [-0.3, -0.25) is 15.1 Å². The normalized spacial score (nSPS) is 11.3. The van der Waals surface area contributed by atoms with Crippen molar-refractivity contribution in [3.63, 3.8) is 0 Å². The third kappa shape index (κ3) is 2.66. The number of pyridine rings is 3. The highest BCUT2D eigenvalue weighted by Crippen LogP contribution is 2.34. The van der Waals surface area contributed by atoms with Gasteiger partial charge < -0.3 is 4.98 Å². The van der Waals surface area contributed by atoms with Gasteiger partial charge in [0, 0.05) is 41.1 Å². The molecule has 5 heterocycles. The molecule has 6 rings (SSSR count). The predicted molar refractivity (Wildman–Crippen MR) is 118 cm³/mol. The molecule has 0 saturated heterocycles. The predicted octanol–water partition coefficient (Wildman–Crippen LogP) is 5.23. The first kappa shape index (κ1) is 16.6. The molecule has 0 radical (unpaired) electrons. The molecule has 6 aromatic rings. The second-order valence-electron chi connectivity index (χ2n) is 7.09. The first-order valence-electron chi connectivity index (χ1n) is 9.65. The Morgan fingerprint density at radius 2 is 1.63 bits per heavy atom. The first-order valence-corrected chi connectivity index (χ1v) is 9.65. The molecule has 0 spiro atoms. The van der Waals surface area contributed by atoms with Crippen molar-refractivity contribution in [2.75, 3.05) is 0 Å². The summed E-state index contributed by atoms with van der Waals surface area (Å²) in [5.41, 5.74) is 7.78. The average Bonchev–Trinajstić information content (AvgIpc) is 3.43. The molecule has 0 fully saturated rings. The molecule has 1 aromatic carbocycles. The Kier molecular flexibility index (Phi) is 3.67. The molecule has 0 aliphatic rings. The van der Waals surface area contributed by atoms with E-state index in [9.17, 15) is 0 Å². The summed E-state index contributed by atoms with van der Waals surface area (Å²) in [6, 6.07) is 20.3. The zero-order valence-corrected chi connectivity index (χ0v) is 15.9. The first-order chi connectivity index (χ1) is 14.9. The summed E-state index contributed by atoms with van der Waals surface area (Å²) >= 11 is 0. The van der Waals surface area contributed by atoms with Crippen LogP contribution in [-0.4, -0.2) is 30.1 Å². The number of hydrogen-bond donors (Lipinski definition) is 2. The molecule has 6 nitrogen and oxygen atoms in total. The molecule has 0 unspecified atom stereocenters. The second-order valence-corrected chi connectivity index (χ2v) is 7.09. The minimum absolute atomic E-state index is 0.814. The van der Waals surface area contributed by atoms with Gasteiger partial charge in [-0.25, -0.2) is 4.98 Å². The number of nitrogens with zero attached hydrogens (tertiary/aromatic N) is 4. The third-order valence-corrected chi connectivity index (χ3v) is 5.30. The van der Waals surface area contributed by atoms with Gasteiger partial charge in [0.05, 0.1) is 16.9 Å². The van der Waals surface area contributed by atoms with E-state index >= 15 is 0 Å². The lowest BCUT2D eigenvalue weighted by Gasteiger charge is -2.02. The fourth-order valence-electron chi connectivity index (χ4n) is 3.84. The van der Waals surface area contributed by atoms with Crippen molar-refractivity contribution in [1.82, 2.24) is 30.1 Å². The Bertz CT molecular complexity index is 1480. The highest BCUT2D eigenvalue weighted by atomic mass is 15.1. The highest BCUT2D eigenvalue weighted by molar-refractivity contribution is 6.00. The van der Waals surface area contributed by atoms with E-state index in [4.69, 9.17) is 0 Å². The van der Waals surface area contributed by atoms with Crippen LogP contribution in [0.25, 0.3) is 55.7 Å². The number of rotatable bonds is 3. The molecule has 0 aliphatic carbocycles. The van der Waals surface area contributed by atoms with E-state index in [1.54, 1.807) is 24.8 Å². The Morgan fingerprint density at radius 3 is 2.50 bits per heavy atom.